The summed E-state index contributed by atoms with van der Waals surface area (Å²) in [4.78, 5) is 10.2. The van der Waals surface area contributed by atoms with Crippen LogP contribution < -0.4 is 0 Å². The average Bonchev–Trinajstić information content (AvgIpc) is 2.67. The van der Waals surface area contributed by atoms with Crippen molar-refractivity contribution in [1.82, 2.24) is 0 Å². The highest BCUT2D eigenvalue weighted by Gasteiger charge is 2.03. The maximum Gasteiger partial charge on any atom is 0.269 e. The van der Waals surface area contributed by atoms with E-state index in [0.29, 0.717) is 17.1 Å². The third-order valence-electron chi connectivity index (χ3n) is 3.51. The lowest BCUT2D eigenvalue weighted by Crippen LogP contribution is -1.85. The lowest BCUT2D eigenvalue weighted by Gasteiger charge is -1.96. The highest BCUT2D eigenvalue weighted by atomic mass is 16.6. The van der Waals surface area contributed by atoms with Crippen molar-refractivity contribution >= 4 is 28.4 Å². The molecule has 0 amide bonds. The highest BCUT2D eigenvalue weighted by molar-refractivity contribution is 5.49. The number of benzene rings is 3. The second-order valence-electron chi connectivity index (χ2n) is 5.53. The van der Waals surface area contributed by atoms with Crippen LogP contribution in [-0.4, -0.2) is 4.92 Å². The van der Waals surface area contributed by atoms with E-state index in [1.807, 2.05) is 31.2 Å². The summed E-state index contributed by atoms with van der Waals surface area (Å²) in [5.41, 5.74) is 3.88. The highest BCUT2D eigenvalue weighted by Crippen LogP contribution is 2.24. The lowest BCUT2D eigenvalue weighted by molar-refractivity contribution is -0.384. The second kappa shape index (κ2) is 7.89. The van der Waals surface area contributed by atoms with Crippen LogP contribution in [0.15, 0.2) is 93.3 Å². The first-order valence-corrected chi connectivity index (χ1v) is 7.85. The number of hydrogen-bond acceptors (Lipinski definition) is 6. The van der Waals surface area contributed by atoms with Gasteiger partial charge in [-0.2, -0.15) is 20.5 Å². The molecule has 3 aromatic carbocycles. The molecular weight excluding hydrogens is 330 g/mol. The van der Waals surface area contributed by atoms with Gasteiger partial charge < -0.3 is 0 Å². The number of nitrogens with zero attached hydrogens (tertiary/aromatic N) is 5. The zero-order valence-electron chi connectivity index (χ0n) is 14.0. The van der Waals surface area contributed by atoms with Crippen LogP contribution in [0.25, 0.3) is 0 Å². The van der Waals surface area contributed by atoms with Gasteiger partial charge in [0.05, 0.1) is 27.7 Å². The zero-order chi connectivity index (χ0) is 18.4. The minimum absolute atomic E-state index is 0.0206. The van der Waals surface area contributed by atoms with Crippen LogP contribution in [0.1, 0.15) is 5.56 Å². The zero-order valence-corrected chi connectivity index (χ0v) is 14.0. The average molecular weight is 345 g/mol. The van der Waals surface area contributed by atoms with Crippen LogP contribution in [0.4, 0.5) is 28.4 Å². The molecule has 0 aliphatic rings. The van der Waals surface area contributed by atoms with Crippen molar-refractivity contribution < 1.29 is 4.92 Å². The summed E-state index contributed by atoms with van der Waals surface area (Å²) < 4.78 is 0. The largest absolute Gasteiger partial charge is 0.269 e. The van der Waals surface area contributed by atoms with E-state index in [1.165, 1.54) is 17.7 Å². The molecule has 7 heteroatoms. The fourth-order valence-corrected chi connectivity index (χ4v) is 2.07. The molecule has 0 fully saturated rings. The molecule has 0 bridgehead atoms. The Morgan fingerprint density at radius 2 is 0.923 bits per heavy atom. The topological polar surface area (TPSA) is 92.6 Å². The molecule has 0 N–H and O–H groups in total. The Kier molecular flexibility index (Phi) is 5.19. The molecule has 7 nitrogen and oxygen atoms in total. The van der Waals surface area contributed by atoms with Crippen LogP contribution in [0, 0.1) is 17.0 Å². The molecule has 0 atom stereocenters. The van der Waals surface area contributed by atoms with Crippen molar-refractivity contribution in [2.45, 2.75) is 6.92 Å². The van der Waals surface area contributed by atoms with Gasteiger partial charge in [0, 0.05) is 12.1 Å². The van der Waals surface area contributed by atoms with Gasteiger partial charge in [-0.15, -0.1) is 0 Å². The molecule has 0 aromatic heterocycles. The molecule has 26 heavy (non-hydrogen) atoms. The van der Waals surface area contributed by atoms with Crippen molar-refractivity contribution in [3.8, 4) is 0 Å². The molecule has 0 aliphatic heterocycles. The van der Waals surface area contributed by atoms with Crippen LogP contribution in [0.5, 0.6) is 0 Å². The van der Waals surface area contributed by atoms with Crippen molar-refractivity contribution in [1.29, 1.82) is 0 Å². The molecule has 3 rings (SSSR count). The molecule has 0 aliphatic carbocycles. The summed E-state index contributed by atoms with van der Waals surface area (Å²) in [6, 6.07) is 20.8. The van der Waals surface area contributed by atoms with Crippen molar-refractivity contribution in [2.24, 2.45) is 20.5 Å². The van der Waals surface area contributed by atoms with Crippen LogP contribution in [-0.2, 0) is 0 Å². The van der Waals surface area contributed by atoms with E-state index < -0.39 is 4.92 Å². The molecule has 0 radical (unpaired) electrons. The van der Waals surface area contributed by atoms with Crippen molar-refractivity contribution in [2.75, 3.05) is 0 Å². The van der Waals surface area contributed by atoms with Gasteiger partial charge in [-0.25, -0.2) is 0 Å². The minimum atomic E-state index is -0.454. The fraction of sp³-hybridized carbons (Fsp3) is 0.0526. The first-order chi connectivity index (χ1) is 12.6. The summed E-state index contributed by atoms with van der Waals surface area (Å²) in [6.07, 6.45) is 0. The molecule has 3 aromatic rings. The van der Waals surface area contributed by atoms with E-state index in [2.05, 4.69) is 20.5 Å². The number of non-ortho nitro benzene ring substituents is 1. The Morgan fingerprint density at radius 1 is 0.615 bits per heavy atom. The quantitative estimate of drug-likeness (QED) is 0.291. The molecule has 0 spiro atoms. The van der Waals surface area contributed by atoms with E-state index in [1.54, 1.807) is 36.4 Å². The van der Waals surface area contributed by atoms with Gasteiger partial charge in [0.1, 0.15) is 0 Å². The van der Waals surface area contributed by atoms with Crippen LogP contribution in [0.3, 0.4) is 0 Å². The third kappa shape index (κ3) is 4.64. The monoisotopic (exact) mass is 345 g/mol. The maximum absolute atomic E-state index is 10.6. The predicted molar refractivity (Wildman–Crippen MR) is 99.1 cm³/mol. The Bertz CT molecular complexity index is 947. The standard InChI is InChI=1S/C19H15N5O2/c1-14-2-4-15(5-3-14)20-21-16-6-8-17(9-7-16)22-23-18-10-12-19(13-11-18)24(25)26/h2-13H,1H3. The molecule has 0 unspecified atom stereocenters. The van der Waals surface area contributed by atoms with Gasteiger partial charge in [0.15, 0.2) is 0 Å². The molecular formula is C19H15N5O2. The van der Waals surface area contributed by atoms with E-state index in [4.69, 9.17) is 0 Å². The summed E-state index contributed by atoms with van der Waals surface area (Å²) in [5.74, 6) is 0. The van der Waals surface area contributed by atoms with Crippen molar-refractivity contribution in [3.63, 3.8) is 0 Å². The van der Waals surface area contributed by atoms with Crippen LogP contribution in [0.2, 0.25) is 0 Å². The summed E-state index contributed by atoms with van der Waals surface area (Å²) in [6.45, 7) is 2.02. The smallest absolute Gasteiger partial charge is 0.258 e. The van der Waals surface area contributed by atoms with Crippen LogP contribution >= 0.6 is 0 Å². The van der Waals surface area contributed by atoms with Gasteiger partial charge >= 0.3 is 0 Å². The Labute approximate surface area is 149 Å². The van der Waals surface area contributed by atoms with Gasteiger partial charge in [-0.05, 0) is 55.5 Å². The van der Waals surface area contributed by atoms with Gasteiger partial charge in [0.25, 0.3) is 5.69 Å². The number of hydrogen-bond donors (Lipinski definition) is 0. The van der Waals surface area contributed by atoms with E-state index in [9.17, 15) is 10.1 Å². The summed E-state index contributed by atoms with van der Waals surface area (Å²) in [7, 11) is 0. The molecule has 0 saturated carbocycles. The second-order valence-corrected chi connectivity index (χ2v) is 5.53. The van der Waals surface area contributed by atoms with Gasteiger partial charge in [-0.3, -0.25) is 10.1 Å². The lowest BCUT2D eigenvalue weighted by atomic mass is 10.2. The number of nitro benzene ring substituents is 1. The minimum Gasteiger partial charge on any atom is -0.258 e. The van der Waals surface area contributed by atoms with Crippen molar-refractivity contribution in [3.05, 3.63) is 88.5 Å². The SMILES string of the molecule is Cc1ccc(N=Nc2ccc(N=Nc3ccc([N+](=O)[O-])cc3)cc2)cc1. The Morgan fingerprint density at radius 3 is 1.27 bits per heavy atom. The Balaban J connectivity index is 1.65. The third-order valence-corrected chi connectivity index (χ3v) is 3.51. The number of azo groups is 2. The molecule has 0 saturated heterocycles. The first kappa shape index (κ1) is 17.1. The molecule has 0 heterocycles. The molecule has 128 valence electrons. The number of rotatable bonds is 5. The van der Waals surface area contributed by atoms with E-state index >= 15 is 0 Å². The van der Waals surface area contributed by atoms with E-state index in [0.717, 1.165) is 5.69 Å². The van der Waals surface area contributed by atoms with Gasteiger partial charge in [-0.1, -0.05) is 17.7 Å². The predicted octanol–water partition coefficient (Wildman–Crippen LogP) is 6.73. The Hall–Kier alpha value is -3.74. The summed E-state index contributed by atoms with van der Waals surface area (Å²) in [5, 5.41) is 27.1. The fourth-order valence-electron chi connectivity index (χ4n) is 2.07. The summed E-state index contributed by atoms with van der Waals surface area (Å²) >= 11 is 0. The first-order valence-electron chi connectivity index (χ1n) is 7.85. The van der Waals surface area contributed by atoms with Gasteiger partial charge in [0.2, 0.25) is 0 Å². The van der Waals surface area contributed by atoms with E-state index in [-0.39, 0.29) is 5.69 Å². The number of aryl methyl sites for hydroxylation is 1. The number of nitro groups is 1. The maximum atomic E-state index is 10.6. The normalized spacial score (nSPS) is 11.3.